The first-order valence-corrected chi connectivity index (χ1v) is 7.40. The summed E-state index contributed by atoms with van der Waals surface area (Å²) < 4.78 is 0. The monoisotopic (exact) mass is 260 g/mol. The average molecular weight is 260 g/mol. The number of benzene rings is 1. The van der Waals surface area contributed by atoms with E-state index < -0.39 is 0 Å². The summed E-state index contributed by atoms with van der Waals surface area (Å²) in [5.74, 6) is 0.820. The van der Waals surface area contributed by atoms with Crippen molar-refractivity contribution in [2.75, 3.05) is 18.4 Å². The summed E-state index contributed by atoms with van der Waals surface area (Å²) in [6, 6.07) is 9.71. The molecule has 0 atom stereocenters. The molecule has 19 heavy (non-hydrogen) atoms. The molecule has 104 valence electrons. The summed E-state index contributed by atoms with van der Waals surface area (Å²) in [7, 11) is 0. The van der Waals surface area contributed by atoms with Crippen LogP contribution in [0, 0.1) is 5.92 Å². The van der Waals surface area contributed by atoms with Gasteiger partial charge in [0, 0.05) is 18.8 Å². The molecule has 1 aliphatic rings. The maximum absolute atomic E-state index is 12.1. The van der Waals surface area contributed by atoms with Crippen LogP contribution in [0.5, 0.6) is 0 Å². The Bertz CT molecular complexity index is 383. The predicted molar refractivity (Wildman–Crippen MR) is 79.3 cm³/mol. The Kier molecular flexibility index (Phi) is 5.25. The van der Waals surface area contributed by atoms with E-state index in [4.69, 9.17) is 0 Å². The van der Waals surface area contributed by atoms with E-state index in [0.717, 1.165) is 37.5 Å². The second kappa shape index (κ2) is 7.17. The first-order chi connectivity index (χ1) is 9.29. The van der Waals surface area contributed by atoms with Crippen molar-refractivity contribution in [1.29, 1.82) is 0 Å². The van der Waals surface area contributed by atoms with Gasteiger partial charge in [-0.3, -0.25) is 0 Å². The number of rotatable bonds is 4. The number of hydrogen-bond donors (Lipinski definition) is 1. The highest BCUT2D eigenvalue weighted by Gasteiger charge is 2.22. The summed E-state index contributed by atoms with van der Waals surface area (Å²) in [6.45, 7) is 4.03. The number of carbonyl (C=O) groups is 1. The van der Waals surface area contributed by atoms with Crippen molar-refractivity contribution in [3.8, 4) is 0 Å². The van der Waals surface area contributed by atoms with E-state index in [0.29, 0.717) is 0 Å². The normalized spacial score (nSPS) is 16.4. The van der Waals surface area contributed by atoms with E-state index in [1.54, 1.807) is 0 Å². The quantitative estimate of drug-likeness (QED) is 0.867. The number of nitrogens with zero attached hydrogens (tertiary/aromatic N) is 1. The van der Waals surface area contributed by atoms with Crippen LogP contribution < -0.4 is 5.32 Å². The summed E-state index contributed by atoms with van der Waals surface area (Å²) in [4.78, 5) is 14.0. The lowest BCUT2D eigenvalue weighted by Gasteiger charge is -2.32. The van der Waals surface area contributed by atoms with Gasteiger partial charge in [0.1, 0.15) is 0 Å². The lowest BCUT2D eigenvalue weighted by atomic mass is 9.92. The van der Waals surface area contributed by atoms with Crippen molar-refractivity contribution >= 4 is 11.7 Å². The number of urea groups is 1. The third-order valence-electron chi connectivity index (χ3n) is 3.89. The molecular weight excluding hydrogens is 236 g/mol. The van der Waals surface area contributed by atoms with Gasteiger partial charge in [-0.05, 0) is 30.9 Å². The van der Waals surface area contributed by atoms with E-state index >= 15 is 0 Å². The maximum Gasteiger partial charge on any atom is 0.321 e. The van der Waals surface area contributed by atoms with Crippen molar-refractivity contribution < 1.29 is 4.79 Å². The Morgan fingerprint density at radius 2 is 1.95 bits per heavy atom. The molecule has 1 N–H and O–H groups in total. The molecule has 0 radical (unpaired) electrons. The molecule has 3 nitrogen and oxygen atoms in total. The highest BCUT2D eigenvalue weighted by Crippen LogP contribution is 2.23. The van der Waals surface area contributed by atoms with Crippen LogP contribution in [0.2, 0.25) is 0 Å². The van der Waals surface area contributed by atoms with Crippen LogP contribution in [0.1, 0.15) is 39.0 Å². The molecule has 2 amide bonds. The number of likely N-dealkylation sites (tertiary alicyclic amines) is 1. The Morgan fingerprint density at radius 1 is 1.26 bits per heavy atom. The van der Waals surface area contributed by atoms with E-state index in [2.05, 4.69) is 12.2 Å². The minimum Gasteiger partial charge on any atom is -0.325 e. The molecule has 1 fully saturated rings. The number of anilines is 1. The van der Waals surface area contributed by atoms with Gasteiger partial charge < -0.3 is 10.2 Å². The average Bonchev–Trinajstić information content (AvgIpc) is 2.46. The fraction of sp³-hybridized carbons (Fsp3) is 0.562. The minimum atomic E-state index is 0.0418. The first-order valence-electron chi connectivity index (χ1n) is 7.40. The van der Waals surface area contributed by atoms with Crippen molar-refractivity contribution in [1.82, 2.24) is 4.90 Å². The van der Waals surface area contributed by atoms with Crippen molar-refractivity contribution in [2.24, 2.45) is 5.92 Å². The number of carbonyl (C=O) groups excluding carboxylic acids is 1. The molecule has 0 saturated carbocycles. The zero-order chi connectivity index (χ0) is 13.5. The number of hydrogen-bond acceptors (Lipinski definition) is 1. The van der Waals surface area contributed by atoms with E-state index in [1.165, 1.54) is 19.3 Å². The van der Waals surface area contributed by atoms with Crippen LogP contribution in [0.4, 0.5) is 10.5 Å². The fourth-order valence-corrected chi connectivity index (χ4v) is 2.64. The van der Waals surface area contributed by atoms with Crippen LogP contribution in [-0.2, 0) is 0 Å². The number of para-hydroxylation sites is 1. The van der Waals surface area contributed by atoms with Crippen molar-refractivity contribution in [3.63, 3.8) is 0 Å². The lowest BCUT2D eigenvalue weighted by Crippen LogP contribution is -2.41. The van der Waals surface area contributed by atoms with Gasteiger partial charge in [0.2, 0.25) is 0 Å². The van der Waals surface area contributed by atoms with Crippen molar-refractivity contribution in [3.05, 3.63) is 30.3 Å². The van der Waals surface area contributed by atoms with E-state index in [9.17, 15) is 4.79 Å². The fourth-order valence-electron chi connectivity index (χ4n) is 2.64. The summed E-state index contributed by atoms with van der Waals surface area (Å²) in [5.41, 5.74) is 0.876. The van der Waals surface area contributed by atoms with Crippen molar-refractivity contribution in [2.45, 2.75) is 39.0 Å². The topological polar surface area (TPSA) is 32.3 Å². The first kappa shape index (κ1) is 13.9. The second-order valence-electron chi connectivity index (χ2n) is 5.37. The van der Waals surface area contributed by atoms with Crippen LogP contribution in [0.3, 0.4) is 0 Å². The molecule has 1 aromatic carbocycles. The smallest absolute Gasteiger partial charge is 0.321 e. The van der Waals surface area contributed by atoms with Crippen LogP contribution in [0.15, 0.2) is 30.3 Å². The molecule has 0 aliphatic carbocycles. The minimum absolute atomic E-state index is 0.0418. The Balaban J connectivity index is 1.76. The molecule has 2 rings (SSSR count). The number of nitrogens with one attached hydrogen (secondary N) is 1. The zero-order valence-corrected chi connectivity index (χ0v) is 11.8. The molecular formula is C16H24N2O. The van der Waals surface area contributed by atoms with E-state index in [1.807, 2.05) is 35.2 Å². The third-order valence-corrected chi connectivity index (χ3v) is 3.89. The third kappa shape index (κ3) is 4.27. The molecule has 1 aromatic rings. The van der Waals surface area contributed by atoms with Gasteiger partial charge in [-0.25, -0.2) is 4.79 Å². The zero-order valence-electron chi connectivity index (χ0n) is 11.8. The van der Waals surface area contributed by atoms with Gasteiger partial charge >= 0.3 is 6.03 Å². The lowest BCUT2D eigenvalue weighted by molar-refractivity contribution is 0.179. The van der Waals surface area contributed by atoms with Crippen LogP contribution in [-0.4, -0.2) is 24.0 Å². The van der Waals surface area contributed by atoms with Crippen LogP contribution in [0.25, 0.3) is 0 Å². The SMILES string of the molecule is CCCCC1CCN(C(=O)Nc2ccccc2)CC1. The van der Waals surface area contributed by atoms with Gasteiger partial charge in [-0.15, -0.1) is 0 Å². The van der Waals surface area contributed by atoms with Crippen LogP contribution >= 0.6 is 0 Å². The number of piperidine rings is 1. The van der Waals surface area contributed by atoms with Gasteiger partial charge in [-0.2, -0.15) is 0 Å². The van der Waals surface area contributed by atoms with E-state index in [-0.39, 0.29) is 6.03 Å². The summed E-state index contributed by atoms with van der Waals surface area (Å²) in [5, 5.41) is 2.96. The summed E-state index contributed by atoms with van der Waals surface area (Å²) in [6.07, 6.45) is 6.23. The molecule has 0 unspecified atom stereocenters. The molecule has 0 spiro atoms. The molecule has 1 saturated heterocycles. The van der Waals surface area contributed by atoms with Gasteiger partial charge in [-0.1, -0.05) is 44.4 Å². The molecule has 0 bridgehead atoms. The number of unbranched alkanes of at least 4 members (excludes halogenated alkanes) is 1. The molecule has 1 heterocycles. The van der Waals surface area contributed by atoms with Gasteiger partial charge in [0.05, 0.1) is 0 Å². The summed E-state index contributed by atoms with van der Waals surface area (Å²) >= 11 is 0. The number of amides is 2. The highest BCUT2D eigenvalue weighted by atomic mass is 16.2. The maximum atomic E-state index is 12.1. The molecule has 3 heteroatoms. The van der Waals surface area contributed by atoms with Gasteiger partial charge in [0.15, 0.2) is 0 Å². The second-order valence-corrected chi connectivity index (χ2v) is 5.37. The Morgan fingerprint density at radius 3 is 2.58 bits per heavy atom. The standard InChI is InChI=1S/C16H24N2O/c1-2-3-7-14-10-12-18(13-11-14)16(19)17-15-8-5-4-6-9-15/h4-6,8-9,14H,2-3,7,10-13H2,1H3,(H,17,19). The Labute approximate surface area is 116 Å². The highest BCUT2D eigenvalue weighted by molar-refractivity contribution is 5.89. The predicted octanol–water partition coefficient (Wildman–Crippen LogP) is 4.12. The Hall–Kier alpha value is -1.51. The largest absolute Gasteiger partial charge is 0.325 e. The van der Waals surface area contributed by atoms with Gasteiger partial charge in [0.25, 0.3) is 0 Å². The molecule has 1 aliphatic heterocycles. The molecule has 0 aromatic heterocycles.